The van der Waals surface area contributed by atoms with Gasteiger partial charge >= 0.3 is 46.3 Å². The summed E-state index contributed by atoms with van der Waals surface area (Å²) in [5.74, 6) is 0. The van der Waals surface area contributed by atoms with E-state index in [1.165, 1.54) is 0 Å². The molecule has 0 aromatic rings. The number of hydrogen-bond donors (Lipinski definition) is 3. The van der Waals surface area contributed by atoms with Crippen molar-refractivity contribution >= 4 is 0 Å². The first-order valence-electron chi connectivity index (χ1n) is 1.01. The first-order valence-corrected chi connectivity index (χ1v) is 3.05. The van der Waals surface area contributed by atoms with E-state index in [9.17, 15) is 20.2 Å². The fraction of sp³-hybridized carbons (Fsp3) is 0. The van der Waals surface area contributed by atoms with E-state index in [1.807, 2.05) is 0 Å². The quantitative estimate of drug-likeness (QED) is 0.463. The minimum absolute atomic E-state index is 0. The van der Waals surface area contributed by atoms with Gasteiger partial charge in [-0.2, -0.15) is 0 Å². The Bertz CT molecular complexity index is 89.8. The third kappa shape index (κ3) is 26.3. The SMILES string of the molecule is N.N.N.O=[N+]([O-])[Pt][N+](=O)[O-]. The van der Waals surface area contributed by atoms with E-state index in [4.69, 9.17) is 0 Å². The van der Waals surface area contributed by atoms with Crippen molar-refractivity contribution in [3.8, 4) is 0 Å². The second kappa shape index (κ2) is 11.2. The van der Waals surface area contributed by atoms with Crippen LogP contribution in [0.1, 0.15) is 0 Å². The van der Waals surface area contributed by atoms with Gasteiger partial charge in [0.15, 0.2) is 0 Å². The fourth-order valence-electron chi connectivity index (χ4n) is 0.0422. The summed E-state index contributed by atoms with van der Waals surface area (Å²) >= 11 is -2.06. The van der Waals surface area contributed by atoms with Gasteiger partial charge in [0.05, 0.1) is 0 Å². The predicted molar refractivity (Wildman–Crippen MR) is 29.1 cm³/mol. The third-order valence-corrected chi connectivity index (χ3v) is 0.845. The molecule has 0 aromatic heterocycles. The van der Waals surface area contributed by atoms with Crippen molar-refractivity contribution in [1.82, 2.24) is 18.5 Å². The molecular formula is H9N5O4Pt. The van der Waals surface area contributed by atoms with Gasteiger partial charge in [0.2, 0.25) is 0 Å². The molecule has 10 heteroatoms. The van der Waals surface area contributed by atoms with Crippen LogP contribution < -0.4 is 18.5 Å². The molecule has 0 fully saturated rings. The molecule has 0 bridgehead atoms. The second-order valence-corrected chi connectivity index (χ2v) is 2.56. The van der Waals surface area contributed by atoms with E-state index in [1.54, 1.807) is 0 Å². The van der Waals surface area contributed by atoms with Crippen LogP contribution in [-0.2, 0) is 19.1 Å². The maximum absolute atomic E-state index is 9.22. The Morgan fingerprint density at radius 1 is 0.900 bits per heavy atom. The Kier molecular flexibility index (Phi) is 25.5. The van der Waals surface area contributed by atoms with Crippen LogP contribution in [0.3, 0.4) is 0 Å². The number of rotatable bonds is 2. The zero-order valence-electron chi connectivity index (χ0n) is 4.96. The van der Waals surface area contributed by atoms with Gasteiger partial charge in [0, 0.05) is 0 Å². The van der Waals surface area contributed by atoms with Crippen LogP contribution in [0.2, 0.25) is 0 Å². The van der Waals surface area contributed by atoms with Crippen molar-refractivity contribution in [1.29, 1.82) is 0 Å². The average molecular weight is 338 g/mol. The Hall–Kier alpha value is -0.632. The Balaban J connectivity index is -0.0000000600. The van der Waals surface area contributed by atoms with Gasteiger partial charge in [-0.3, -0.25) is 0 Å². The molecule has 0 aliphatic carbocycles. The summed E-state index contributed by atoms with van der Waals surface area (Å²) in [4.78, 5) is 18.4. The Morgan fingerprint density at radius 3 is 1.10 bits per heavy atom. The van der Waals surface area contributed by atoms with Gasteiger partial charge in [0.1, 0.15) is 0 Å². The van der Waals surface area contributed by atoms with Crippen molar-refractivity contribution in [2.75, 3.05) is 0 Å². The van der Waals surface area contributed by atoms with Crippen LogP contribution in [0.25, 0.3) is 0 Å². The number of nitrogens with zero attached hydrogens (tertiary/aromatic N) is 2. The van der Waals surface area contributed by atoms with Crippen LogP contribution >= 0.6 is 0 Å². The summed E-state index contributed by atoms with van der Waals surface area (Å²) in [5.41, 5.74) is 0. The molecule has 9 N–H and O–H groups in total. The monoisotopic (exact) mass is 338 g/mol. The topological polar surface area (TPSA) is 191 Å². The average Bonchev–Trinajstić information content (AvgIpc) is 1.27. The third-order valence-electron chi connectivity index (χ3n) is 0.103. The molecule has 0 aliphatic rings. The van der Waals surface area contributed by atoms with Crippen molar-refractivity contribution in [3.05, 3.63) is 20.2 Å². The molecule has 0 heterocycles. The van der Waals surface area contributed by atoms with E-state index < -0.39 is 26.0 Å². The summed E-state index contributed by atoms with van der Waals surface area (Å²) < 4.78 is -1.78. The van der Waals surface area contributed by atoms with Crippen molar-refractivity contribution < 1.29 is 26.0 Å². The van der Waals surface area contributed by atoms with Crippen LogP contribution in [0.5, 0.6) is 0 Å². The normalized spacial score (nSPS) is 6.00. The molecule has 0 aromatic carbocycles. The molecule has 0 aliphatic heterocycles. The van der Waals surface area contributed by atoms with Crippen LogP contribution in [0, 0.1) is 20.2 Å². The number of nitro groups is 2. The molecule has 0 saturated heterocycles. The molecule has 10 heavy (non-hydrogen) atoms. The summed E-state index contributed by atoms with van der Waals surface area (Å²) in [6.07, 6.45) is 0. The molecular weight excluding hydrogens is 329 g/mol. The summed E-state index contributed by atoms with van der Waals surface area (Å²) in [7, 11) is 0. The zero-order valence-corrected chi connectivity index (χ0v) is 7.24. The van der Waals surface area contributed by atoms with Gasteiger partial charge in [-0.15, -0.1) is 0 Å². The standard InChI is InChI=1S/2NO2.3H3N.Pt/c2*2-1-3;;;;/h;;3*1H3;. The van der Waals surface area contributed by atoms with Crippen LogP contribution in [0.15, 0.2) is 0 Å². The Labute approximate surface area is 65.3 Å². The Morgan fingerprint density at radius 2 is 1.10 bits per heavy atom. The number of hydrogen-bond acceptors (Lipinski definition) is 7. The van der Waals surface area contributed by atoms with Gasteiger partial charge in [-0.1, -0.05) is 0 Å². The second-order valence-electron chi connectivity index (χ2n) is 0.443. The van der Waals surface area contributed by atoms with Gasteiger partial charge in [0.25, 0.3) is 0 Å². The van der Waals surface area contributed by atoms with Crippen LogP contribution in [0.4, 0.5) is 0 Å². The van der Waals surface area contributed by atoms with E-state index >= 15 is 0 Å². The first kappa shape index (κ1) is 22.8. The first-order chi connectivity index (χ1) is 3.13. The summed E-state index contributed by atoms with van der Waals surface area (Å²) in [6, 6.07) is 0. The van der Waals surface area contributed by atoms with Crippen molar-refractivity contribution in [3.63, 3.8) is 0 Å². The molecule has 0 spiro atoms. The minimum atomic E-state index is -2.06. The van der Waals surface area contributed by atoms with Crippen LogP contribution in [-0.4, -0.2) is 6.96 Å². The maximum atomic E-state index is 9.22. The van der Waals surface area contributed by atoms with E-state index in [0.717, 1.165) is 0 Å². The molecule has 0 amide bonds. The van der Waals surface area contributed by atoms with Gasteiger partial charge in [-0.05, 0) is 0 Å². The van der Waals surface area contributed by atoms with E-state index in [0.29, 0.717) is 0 Å². The summed E-state index contributed by atoms with van der Waals surface area (Å²) in [6.45, 7) is 0. The van der Waals surface area contributed by atoms with Gasteiger partial charge < -0.3 is 18.5 Å². The molecule has 0 radical (unpaired) electrons. The van der Waals surface area contributed by atoms with Gasteiger partial charge in [-0.25, -0.2) is 0 Å². The molecule has 9 nitrogen and oxygen atoms in total. The van der Waals surface area contributed by atoms with Crippen molar-refractivity contribution in [2.24, 2.45) is 0 Å². The molecule has 0 saturated carbocycles. The molecule has 0 atom stereocenters. The molecule has 68 valence electrons. The molecule has 0 rings (SSSR count). The molecule has 0 unspecified atom stereocenters. The van der Waals surface area contributed by atoms with Crippen molar-refractivity contribution in [2.45, 2.75) is 0 Å². The fourth-order valence-corrected chi connectivity index (χ4v) is 0.345. The predicted octanol–water partition coefficient (Wildman–Crippen LogP) is -0.0617. The van der Waals surface area contributed by atoms with E-state index in [2.05, 4.69) is 0 Å². The zero-order chi connectivity index (χ0) is 5.86. The van der Waals surface area contributed by atoms with E-state index in [-0.39, 0.29) is 18.5 Å². The summed E-state index contributed by atoms with van der Waals surface area (Å²) in [5, 5.41) is 18.4.